The Bertz CT molecular complexity index is 592. The number of carbonyl (C=O) groups is 2. The number of hydrogen-bond acceptors (Lipinski definition) is 4. The molecule has 0 unspecified atom stereocenters. The third kappa shape index (κ3) is 4.04. The molecule has 130 valence electrons. The molecule has 3 rings (SSSR count). The SMILES string of the molecule is COC1(C(=O)Nc2ccc(NC(=O)NC3CC3)cc2)CCNCC1. The molecule has 2 aliphatic rings. The average molecular weight is 332 g/mol. The first-order valence-corrected chi connectivity index (χ1v) is 8.36. The molecule has 7 heteroatoms. The van der Waals surface area contributed by atoms with Gasteiger partial charge in [0.25, 0.3) is 5.91 Å². The van der Waals surface area contributed by atoms with E-state index in [1.54, 1.807) is 31.4 Å². The van der Waals surface area contributed by atoms with Crippen molar-refractivity contribution in [2.45, 2.75) is 37.3 Å². The predicted octanol–water partition coefficient (Wildman–Crippen LogP) is 1.68. The van der Waals surface area contributed by atoms with Crippen molar-refractivity contribution in [2.24, 2.45) is 0 Å². The van der Waals surface area contributed by atoms with Gasteiger partial charge >= 0.3 is 6.03 Å². The molecule has 1 saturated carbocycles. The summed E-state index contributed by atoms with van der Waals surface area (Å²) >= 11 is 0. The Kier molecular flexibility index (Phi) is 5.01. The highest BCUT2D eigenvalue weighted by Crippen LogP contribution is 2.25. The van der Waals surface area contributed by atoms with E-state index in [-0.39, 0.29) is 11.9 Å². The topological polar surface area (TPSA) is 91.5 Å². The van der Waals surface area contributed by atoms with Crippen LogP contribution >= 0.6 is 0 Å². The predicted molar refractivity (Wildman–Crippen MR) is 92.1 cm³/mol. The highest BCUT2D eigenvalue weighted by Gasteiger charge is 2.39. The van der Waals surface area contributed by atoms with Crippen molar-refractivity contribution in [1.29, 1.82) is 0 Å². The van der Waals surface area contributed by atoms with Gasteiger partial charge in [0, 0.05) is 24.5 Å². The lowest BCUT2D eigenvalue weighted by Gasteiger charge is -2.34. The van der Waals surface area contributed by atoms with Gasteiger partial charge in [-0.1, -0.05) is 0 Å². The van der Waals surface area contributed by atoms with Crippen LogP contribution in [0.25, 0.3) is 0 Å². The molecule has 2 fully saturated rings. The van der Waals surface area contributed by atoms with E-state index in [4.69, 9.17) is 4.74 Å². The smallest absolute Gasteiger partial charge is 0.319 e. The first-order valence-electron chi connectivity index (χ1n) is 8.36. The summed E-state index contributed by atoms with van der Waals surface area (Å²) < 4.78 is 5.51. The number of amides is 3. The van der Waals surface area contributed by atoms with Gasteiger partial charge in [-0.05, 0) is 63.0 Å². The van der Waals surface area contributed by atoms with E-state index in [1.807, 2.05) is 0 Å². The van der Waals surface area contributed by atoms with E-state index < -0.39 is 5.60 Å². The summed E-state index contributed by atoms with van der Waals surface area (Å²) in [6.07, 6.45) is 3.40. The van der Waals surface area contributed by atoms with Gasteiger partial charge in [-0.2, -0.15) is 0 Å². The molecule has 0 spiro atoms. The normalized spacial score (nSPS) is 19.4. The molecule has 1 heterocycles. The van der Waals surface area contributed by atoms with E-state index in [2.05, 4.69) is 21.3 Å². The zero-order valence-corrected chi connectivity index (χ0v) is 13.9. The van der Waals surface area contributed by atoms with Crippen molar-refractivity contribution >= 4 is 23.3 Å². The number of carbonyl (C=O) groups excluding carboxylic acids is 2. The summed E-state index contributed by atoms with van der Waals surface area (Å²) in [6.45, 7) is 1.53. The second-order valence-corrected chi connectivity index (χ2v) is 6.35. The second kappa shape index (κ2) is 7.19. The zero-order valence-electron chi connectivity index (χ0n) is 13.9. The molecule has 24 heavy (non-hydrogen) atoms. The van der Waals surface area contributed by atoms with Crippen LogP contribution in [-0.4, -0.2) is 43.8 Å². The summed E-state index contributed by atoms with van der Waals surface area (Å²) in [4.78, 5) is 24.3. The van der Waals surface area contributed by atoms with Crippen LogP contribution in [0.3, 0.4) is 0 Å². The number of benzene rings is 1. The van der Waals surface area contributed by atoms with Crippen LogP contribution in [0.2, 0.25) is 0 Å². The maximum atomic E-state index is 12.6. The number of ether oxygens (including phenoxy) is 1. The van der Waals surface area contributed by atoms with Crippen molar-refractivity contribution in [3.63, 3.8) is 0 Å². The monoisotopic (exact) mass is 332 g/mol. The van der Waals surface area contributed by atoms with Crippen molar-refractivity contribution < 1.29 is 14.3 Å². The molecule has 0 radical (unpaired) electrons. The molecule has 1 aliphatic heterocycles. The summed E-state index contributed by atoms with van der Waals surface area (Å²) in [5, 5.41) is 11.8. The third-order valence-corrected chi connectivity index (χ3v) is 4.53. The molecular formula is C17H24N4O3. The van der Waals surface area contributed by atoms with Crippen LogP contribution in [-0.2, 0) is 9.53 Å². The van der Waals surface area contributed by atoms with Gasteiger partial charge < -0.3 is 26.0 Å². The fourth-order valence-corrected chi connectivity index (χ4v) is 2.82. The molecule has 7 nitrogen and oxygen atoms in total. The number of piperidine rings is 1. The average Bonchev–Trinajstić information content (AvgIpc) is 3.41. The molecule has 0 aromatic heterocycles. The number of urea groups is 1. The molecule has 0 bridgehead atoms. The Morgan fingerprint density at radius 3 is 2.21 bits per heavy atom. The van der Waals surface area contributed by atoms with Gasteiger partial charge in [0.05, 0.1) is 0 Å². The molecule has 0 atom stereocenters. The lowest BCUT2D eigenvalue weighted by Crippen LogP contribution is -2.51. The van der Waals surface area contributed by atoms with Gasteiger partial charge in [0.1, 0.15) is 5.60 Å². The molecule has 1 aliphatic carbocycles. The number of methoxy groups -OCH3 is 1. The van der Waals surface area contributed by atoms with Crippen LogP contribution in [0.1, 0.15) is 25.7 Å². The lowest BCUT2D eigenvalue weighted by molar-refractivity contribution is -0.140. The second-order valence-electron chi connectivity index (χ2n) is 6.35. The van der Waals surface area contributed by atoms with Crippen LogP contribution in [0.15, 0.2) is 24.3 Å². The third-order valence-electron chi connectivity index (χ3n) is 4.53. The van der Waals surface area contributed by atoms with Crippen LogP contribution in [0.5, 0.6) is 0 Å². The maximum absolute atomic E-state index is 12.6. The summed E-state index contributed by atoms with van der Waals surface area (Å²) in [5.74, 6) is -0.126. The first-order chi connectivity index (χ1) is 11.6. The highest BCUT2D eigenvalue weighted by atomic mass is 16.5. The molecule has 1 saturated heterocycles. The Morgan fingerprint density at radius 1 is 1.08 bits per heavy atom. The van der Waals surface area contributed by atoms with Crippen LogP contribution in [0, 0.1) is 0 Å². The van der Waals surface area contributed by atoms with Gasteiger partial charge in [-0.15, -0.1) is 0 Å². The summed E-state index contributed by atoms with van der Waals surface area (Å²) in [7, 11) is 1.58. The molecule has 4 N–H and O–H groups in total. The standard InChI is InChI=1S/C17H24N4O3/c1-24-17(8-10-18-11-9-17)15(22)19-12-2-4-13(5-3-12)20-16(23)21-14-6-7-14/h2-5,14,18H,6-11H2,1H3,(H,19,22)(H2,20,21,23). The molecular weight excluding hydrogens is 308 g/mol. The Hall–Kier alpha value is -2.12. The minimum atomic E-state index is -0.772. The van der Waals surface area contributed by atoms with Gasteiger partial charge in [0.15, 0.2) is 0 Å². The van der Waals surface area contributed by atoms with E-state index in [0.29, 0.717) is 30.3 Å². The minimum Gasteiger partial charge on any atom is -0.368 e. The molecule has 3 amide bonds. The van der Waals surface area contributed by atoms with Gasteiger partial charge in [-0.25, -0.2) is 4.79 Å². The van der Waals surface area contributed by atoms with Crippen molar-refractivity contribution in [3.05, 3.63) is 24.3 Å². The van der Waals surface area contributed by atoms with E-state index in [0.717, 1.165) is 25.9 Å². The first kappa shape index (κ1) is 16.7. The number of nitrogens with one attached hydrogen (secondary N) is 4. The van der Waals surface area contributed by atoms with Crippen molar-refractivity contribution in [1.82, 2.24) is 10.6 Å². The minimum absolute atomic E-state index is 0.126. The Balaban J connectivity index is 1.56. The number of rotatable bonds is 5. The number of hydrogen-bond donors (Lipinski definition) is 4. The maximum Gasteiger partial charge on any atom is 0.319 e. The van der Waals surface area contributed by atoms with E-state index >= 15 is 0 Å². The fourth-order valence-electron chi connectivity index (χ4n) is 2.82. The largest absolute Gasteiger partial charge is 0.368 e. The quantitative estimate of drug-likeness (QED) is 0.660. The van der Waals surface area contributed by atoms with Crippen LogP contribution < -0.4 is 21.3 Å². The molecule has 1 aromatic rings. The van der Waals surface area contributed by atoms with E-state index in [1.165, 1.54) is 0 Å². The fraction of sp³-hybridized carbons (Fsp3) is 0.529. The van der Waals surface area contributed by atoms with Gasteiger partial charge in [0.2, 0.25) is 0 Å². The van der Waals surface area contributed by atoms with Crippen molar-refractivity contribution in [2.75, 3.05) is 30.8 Å². The zero-order chi connectivity index (χ0) is 17.0. The lowest BCUT2D eigenvalue weighted by atomic mass is 9.91. The number of anilines is 2. The van der Waals surface area contributed by atoms with E-state index in [9.17, 15) is 9.59 Å². The Morgan fingerprint density at radius 2 is 1.67 bits per heavy atom. The van der Waals surface area contributed by atoms with Crippen molar-refractivity contribution in [3.8, 4) is 0 Å². The van der Waals surface area contributed by atoms with Crippen LogP contribution in [0.4, 0.5) is 16.2 Å². The Labute approximate surface area is 141 Å². The summed E-state index contributed by atoms with van der Waals surface area (Å²) in [5.41, 5.74) is 0.601. The van der Waals surface area contributed by atoms with Gasteiger partial charge in [-0.3, -0.25) is 4.79 Å². The summed E-state index contributed by atoms with van der Waals surface area (Å²) in [6, 6.07) is 7.21. The highest BCUT2D eigenvalue weighted by molar-refractivity contribution is 5.98. The molecule has 1 aromatic carbocycles.